The van der Waals surface area contributed by atoms with Gasteiger partial charge in [0.15, 0.2) is 0 Å². The Kier molecular flexibility index (Phi) is 5.07. The van der Waals surface area contributed by atoms with Crippen LogP contribution in [0.4, 0.5) is 17.1 Å². The second kappa shape index (κ2) is 7.52. The van der Waals surface area contributed by atoms with Crippen molar-refractivity contribution in [2.45, 2.75) is 4.90 Å². The molecule has 0 unspecified atom stereocenters. The van der Waals surface area contributed by atoms with Crippen molar-refractivity contribution in [2.24, 2.45) is 0 Å². The first kappa shape index (κ1) is 18.9. The first-order valence-electron chi connectivity index (χ1n) is 9.47. The zero-order valence-corrected chi connectivity index (χ0v) is 17.1. The Morgan fingerprint density at radius 2 is 1.64 bits per heavy atom. The predicted octanol–water partition coefficient (Wildman–Crippen LogP) is 2.07. The van der Waals surface area contributed by atoms with E-state index < -0.39 is 10.0 Å². The van der Waals surface area contributed by atoms with E-state index in [4.69, 9.17) is 4.74 Å². The van der Waals surface area contributed by atoms with Crippen LogP contribution in [0.2, 0.25) is 0 Å². The minimum Gasteiger partial charge on any atom is -0.490 e. The van der Waals surface area contributed by atoms with E-state index in [1.165, 1.54) is 0 Å². The molecule has 2 aliphatic rings. The van der Waals surface area contributed by atoms with Crippen LogP contribution in [-0.2, 0) is 10.0 Å². The molecular weight excluding hydrogens is 376 g/mol. The molecular formula is C20H26N4O3S. The summed E-state index contributed by atoms with van der Waals surface area (Å²) in [4.78, 5) is 6.85. The number of piperazine rings is 1. The maximum Gasteiger partial charge on any atom is 0.261 e. The van der Waals surface area contributed by atoms with E-state index in [2.05, 4.69) is 21.6 Å². The zero-order chi connectivity index (χ0) is 19.7. The SMILES string of the molecule is CN1CCN(c2ccc(NS(=O)(=O)c3ccc4c(c3)N(C)CCO4)cc2)CC1. The molecule has 2 aliphatic heterocycles. The van der Waals surface area contributed by atoms with Gasteiger partial charge in [-0.25, -0.2) is 8.42 Å². The van der Waals surface area contributed by atoms with Gasteiger partial charge in [0.05, 0.1) is 17.1 Å². The molecule has 1 N–H and O–H groups in total. The summed E-state index contributed by atoms with van der Waals surface area (Å²) < 4.78 is 33.9. The Morgan fingerprint density at radius 1 is 0.929 bits per heavy atom. The first-order chi connectivity index (χ1) is 13.4. The van der Waals surface area contributed by atoms with Crippen LogP contribution in [0.25, 0.3) is 0 Å². The van der Waals surface area contributed by atoms with E-state index in [1.807, 2.05) is 36.2 Å². The molecule has 0 amide bonds. The molecule has 4 rings (SSSR count). The number of likely N-dealkylation sites (N-methyl/N-ethyl adjacent to an activating group) is 2. The molecule has 1 fully saturated rings. The van der Waals surface area contributed by atoms with Gasteiger partial charge in [0.25, 0.3) is 10.0 Å². The number of fused-ring (bicyclic) bond motifs is 1. The van der Waals surface area contributed by atoms with Crippen LogP contribution in [0.15, 0.2) is 47.4 Å². The van der Waals surface area contributed by atoms with Crippen molar-refractivity contribution in [1.82, 2.24) is 4.90 Å². The molecule has 1 saturated heterocycles. The highest BCUT2D eigenvalue weighted by Crippen LogP contribution is 2.33. The molecule has 0 aliphatic carbocycles. The fourth-order valence-electron chi connectivity index (χ4n) is 3.52. The van der Waals surface area contributed by atoms with Crippen LogP contribution >= 0.6 is 0 Å². The lowest BCUT2D eigenvalue weighted by molar-refractivity contribution is 0.311. The van der Waals surface area contributed by atoms with Crippen molar-refractivity contribution in [3.05, 3.63) is 42.5 Å². The van der Waals surface area contributed by atoms with Crippen molar-refractivity contribution in [2.75, 3.05) is 67.9 Å². The second-order valence-electron chi connectivity index (χ2n) is 7.34. The molecule has 0 spiro atoms. The monoisotopic (exact) mass is 402 g/mol. The van der Waals surface area contributed by atoms with Gasteiger partial charge >= 0.3 is 0 Å². The van der Waals surface area contributed by atoms with E-state index in [0.29, 0.717) is 18.0 Å². The molecule has 0 radical (unpaired) electrons. The van der Waals surface area contributed by atoms with Crippen LogP contribution in [-0.4, -0.2) is 66.7 Å². The Morgan fingerprint density at radius 3 is 2.36 bits per heavy atom. The fraction of sp³-hybridized carbons (Fsp3) is 0.400. The maximum atomic E-state index is 12.8. The normalized spacial score (nSPS) is 17.8. The number of benzene rings is 2. The van der Waals surface area contributed by atoms with Crippen LogP contribution in [0.3, 0.4) is 0 Å². The quantitative estimate of drug-likeness (QED) is 0.845. The molecule has 2 aromatic carbocycles. The Hall–Kier alpha value is -2.45. The zero-order valence-electron chi connectivity index (χ0n) is 16.3. The number of anilines is 3. The van der Waals surface area contributed by atoms with E-state index in [1.54, 1.807) is 18.2 Å². The molecule has 0 bridgehead atoms. The maximum absolute atomic E-state index is 12.8. The summed E-state index contributed by atoms with van der Waals surface area (Å²) in [5.41, 5.74) is 2.46. The third kappa shape index (κ3) is 3.88. The average Bonchev–Trinajstić information content (AvgIpc) is 2.69. The Balaban J connectivity index is 1.49. The van der Waals surface area contributed by atoms with Gasteiger partial charge in [-0.15, -0.1) is 0 Å². The average molecular weight is 403 g/mol. The number of rotatable bonds is 4. The number of nitrogens with one attached hydrogen (secondary N) is 1. The van der Waals surface area contributed by atoms with E-state index in [9.17, 15) is 8.42 Å². The van der Waals surface area contributed by atoms with Crippen molar-refractivity contribution in [3.8, 4) is 5.75 Å². The predicted molar refractivity (Wildman–Crippen MR) is 112 cm³/mol. The van der Waals surface area contributed by atoms with Gasteiger partial charge in [-0.2, -0.15) is 0 Å². The Bertz CT molecular complexity index is 938. The molecule has 7 nitrogen and oxygen atoms in total. The van der Waals surface area contributed by atoms with Crippen molar-refractivity contribution in [1.29, 1.82) is 0 Å². The highest BCUT2D eigenvalue weighted by atomic mass is 32.2. The molecule has 28 heavy (non-hydrogen) atoms. The lowest BCUT2D eigenvalue weighted by atomic mass is 10.2. The third-order valence-electron chi connectivity index (χ3n) is 5.32. The highest BCUT2D eigenvalue weighted by molar-refractivity contribution is 7.92. The van der Waals surface area contributed by atoms with Crippen molar-refractivity contribution < 1.29 is 13.2 Å². The molecule has 2 heterocycles. The number of hydrogen-bond donors (Lipinski definition) is 1. The summed E-state index contributed by atoms with van der Waals surface area (Å²) in [7, 11) is 0.390. The van der Waals surface area contributed by atoms with Crippen molar-refractivity contribution >= 4 is 27.1 Å². The molecule has 0 saturated carbocycles. The van der Waals surface area contributed by atoms with Gasteiger partial charge in [-0.1, -0.05) is 0 Å². The number of ether oxygens (including phenoxy) is 1. The van der Waals surface area contributed by atoms with Gasteiger partial charge in [-0.3, -0.25) is 4.72 Å². The van der Waals surface area contributed by atoms with Crippen LogP contribution in [0, 0.1) is 0 Å². The standard InChI is InChI=1S/C20H26N4O3S/c1-22-9-11-24(12-10-22)17-5-3-16(4-6-17)21-28(25,26)18-7-8-20-19(15-18)23(2)13-14-27-20/h3-8,15,21H,9-14H2,1-2H3. The Labute approximate surface area is 166 Å². The van der Waals surface area contributed by atoms with Crippen LogP contribution < -0.4 is 19.3 Å². The molecule has 0 aromatic heterocycles. The molecule has 150 valence electrons. The van der Waals surface area contributed by atoms with Gasteiger partial charge in [0.2, 0.25) is 0 Å². The minimum absolute atomic E-state index is 0.228. The first-order valence-corrected chi connectivity index (χ1v) is 10.9. The third-order valence-corrected chi connectivity index (χ3v) is 6.70. The lowest BCUT2D eigenvalue weighted by Crippen LogP contribution is -2.44. The molecule has 2 aromatic rings. The van der Waals surface area contributed by atoms with Gasteiger partial charge in [0, 0.05) is 44.6 Å². The van der Waals surface area contributed by atoms with E-state index >= 15 is 0 Å². The summed E-state index contributed by atoms with van der Waals surface area (Å²) >= 11 is 0. The summed E-state index contributed by atoms with van der Waals surface area (Å²) in [6, 6.07) is 12.5. The van der Waals surface area contributed by atoms with E-state index in [0.717, 1.165) is 44.1 Å². The largest absolute Gasteiger partial charge is 0.490 e. The number of sulfonamides is 1. The molecule has 8 heteroatoms. The summed E-state index contributed by atoms with van der Waals surface area (Å²) in [5.74, 6) is 0.712. The summed E-state index contributed by atoms with van der Waals surface area (Å²) in [6.07, 6.45) is 0. The molecule has 0 atom stereocenters. The fourth-order valence-corrected chi connectivity index (χ4v) is 4.59. The summed E-state index contributed by atoms with van der Waals surface area (Å²) in [5, 5.41) is 0. The van der Waals surface area contributed by atoms with Crippen LogP contribution in [0.1, 0.15) is 0 Å². The van der Waals surface area contributed by atoms with Gasteiger partial charge in [-0.05, 0) is 49.5 Å². The number of nitrogens with zero attached hydrogens (tertiary/aromatic N) is 3. The van der Waals surface area contributed by atoms with Crippen molar-refractivity contribution in [3.63, 3.8) is 0 Å². The minimum atomic E-state index is -3.67. The summed E-state index contributed by atoms with van der Waals surface area (Å²) in [6.45, 7) is 5.36. The highest BCUT2D eigenvalue weighted by Gasteiger charge is 2.21. The second-order valence-corrected chi connectivity index (χ2v) is 9.02. The topological polar surface area (TPSA) is 65.1 Å². The number of hydrogen-bond acceptors (Lipinski definition) is 6. The van der Waals surface area contributed by atoms with Gasteiger partial charge in [0.1, 0.15) is 12.4 Å². The van der Waals surface area contributed by atoms with Crippen LogP contribution in [0.5, 0.6) is 5.75 Å². The van der Waals surface area contributed by atoms with Gasteiger partial charge < -0.3 is 19.4 Å². The lowest BCUT2D eigenvalue weighted by Gasteiger charge is -2.34. The smallest absolute Gasteiger partial charge is 0.261 e. The van der Waals surface area contributed by atoms with E-state index in [-0.39, 0.29) is 4.90 Å².